The molecule has 0 aliphatic carbocycles. The molecule has 2 aromatic heterocycles. The SMILES string of the molecule is COCCNCc1cn[nH]c1-c1c(C)nn(C(C)C)c1C. The van der Waals surface area contributed by atoms with Gasteiger partial charge in [0.05, 0.1) is 24.2 Å². The third kappa shape index (κ3) is 3.33. The molecule has 2 aromatic rings. The number of aromatic nitrogens is 4. The van der Waals surface area contributed by atoms with Crippen LogP contribution in [0.4, 0.5) is 0 Å². The van der Waals surface area contributed by atoms with E-state index in [9.17, 15) is 0 Å². The summed E-state index contributed by atoms with van der Waals surface area (Å²) in [4.78, 5) is 0. The lowest BCUT2D eigenvalue weighted by Gasteiger charge is -2.09. The zero-order valence-corrected chi connectivity index (χ0v) is 13.5. The molecule has 2 N–H and O–H groups in total. The van der Waals surface area contributed by atoms with E-state index in [4.69, 9.17) is 4.74 Å². The van der Waals surface area contributed by atoms with E-state index in [1.807, 2.05) is 13.1 Å². The first-order chi connectivity index (χ1) is 10.1. The second kappa shape index (κ2) is 6.87. The Bertz CT molecular complexity index is 585. The third-order valence-electron chi connectivity index (χ3n) is 3.58. The van der Waals surface area contributed by atoms with E-state index in [2.05, 4.69) is 46.1 Å². The van der Waals surface area contributed by atoms with Gasteiger partial charge in [0.2, 0.25) is 0 Å². The number of methoxy groups -OCH3 is 1. The summed E-state index contributed by atoms with van der Waals surface area (Å²) in [6.45, 7) is 10.7. The van der Waals surface area contributed by atoms with Gasteiger partial charge in [-0.25, -0.2) is 0 Å². The smallest absolute Gasteiger partial charge is 0.0732 e. The van der Waals surface area contributed by atoms with E-state index in [0.717, 1.165) is 35.6 Å². The van der Waals surface area contributed by atoms with Crippen LogP contribution >= 0.6 is 0 Å². The molecule has 0 saturated carbocycles. The van der Waals surface area contributed by atoms with Crippen molar-refractivity contribution in [1.29, 1.82) is 0 Å². The molecule has 0 unspecified atom stereocenters. The Morgan fingerprint density at radius 1 is 1.38 bits per heavy atom. The van der Waals surface area contributed by atoms with Crippen molar-refractivity contribution in [3.8, 4) is 11.3 Å². The predicted octanol–water partition coefficient (Wildman–Crippen LogP) is 2.21. The van der Waals surface area contributed by atoms with E-state index in [0.29, 0.717) is 12.6 Å². The fourth-order valence-corrected chi connectivity index (χ4v) is 2.59. The molecule has 0 bridgehead atoms. The fourth-order valence-electron chi connectivity index (χ4n) is 2.59. The summed E-state index contributed by atoms with van der Waals surface area (Å²) in [5.74, 6) is 0. The maximum Gasteiger partial charge on any atom is 0.0732 e. The molecule has 0 fully saturated rings. The van der Waals surface area contributed by atoms with Crippen LogP contribution in [0, 0.1) is 13.8 Å². The van der Waals surface area contributed by atoms with Gasteiger partial charge in [0, 0.05) is 43.1 Å². The van der Waals surface area contributed by atoms with Crippen LogP contribution in [0.25, 0.3) is 11.3 Å². The van der Waals surface area contributed by atoms with Gasteiger partial charge in [0.25, 0.3) is 0 Å². The molecular weight excluding hydrogens is 266 g/mol. The summed E-state index contributed by atoms with van der Waals surface area (Å²) in [7, 11) is 1.71. The van der Waals surface area contributed by atoms with Crippen LogP contribution in [-0.2, 0) is 11.3 Å². The number of hydrogen-bond donors (Lipinski definition) is 2. The number of hydrogen-bond acceptors (Lipinski definition) is 4. The highest BCUT2D eigenvalue weighted by Gasteiger charge is 2.18. The van der Waals surface area contributed by atoms with Crippen molar-refractivity contribution in [2.75, 3.05) is 20.3 Å². The Morgan fingerprint density at radius 2 is 2.14 bits per heavy atom. The number of H-pyrrole nitrogens is 1. The van der Waals surface area contributed by atoms with Crippen LogP contribution in [0.5, 0.6) is 0 Å². The van der Waals surface area contributed by atoms with Gasteiger partial charge in [0.1, 0.15) is 0 Å². The predicted molar refractivity (Wildman–Crippen MR) is 83.3 cm³/mol. The molecule has 2 heterocycles. The highest BCUT2D eigenvalue weighted by atomic mass is 16.5. The molecule has 6 nitrogen and oxygen atoms in total. The first-order valence-corrected chi connectivity index (χ1v) is 7.34. The van der Waals surface area contributed by atoms with Gasteiger partial charge >= 0.3 is 0 Å². The van der Waals surface area contributed by atoms with Crippen LogP contribution in [0.3, 0.4) is 0 Å². The molecule has 0 aliphatic heterocycles. The first kappa shape index (κ1) is 15.7. The summed E-state index contributed by atoms with van der Waals surface area (Å²) in [6.07, 6.45) is 1.88. The Kier molecular flexibility index (Phi) is 5.14. The zero-order chi connectivity index (χ0) is 15.4. The van der Waals surface area contributed by atoms with Crippen molar-refractivity contribution < 1.29 is 4.74 Å². The molecule has 0 aliphatic rings. The van der Waals surface area contributed by atoms with Crippen LogP contribution in [0.15, 0.2) is 6.20 Å². The monoisotopic (exact) mass is 291 g/mol. The number of rotatable bonds is 7. The maximum absolute atomic E-state index is 5.04. The van der Waals surface area contributed by atoms with Gasteiger partial charge in [-0.1, -0.05) is 0 Å². The Balaban J connectivity index is 2.25. The number of aromatic amines is 1. The highest BCUT2D eigenvalue weighted by Crippen LogP contribution is 2.29. The summed E-state index contributed by atoms with van der Waals surface area (Å²) in [6, 6.07) is 0.351. The molecule has 0 saturated heterocycles. The lowest BCUT2D eigenvalue weighted by molar-refractivity contribution is 0.199. The number of aryl methyl sites for hydroxylation is 1. The van der Waals surface area contributed by atoms with Crippen molar-refractivity contribution in [1.82, 2.24) is 25.3 Å². The molecule has 0 aromatic carbocycles. The van der Waals surface area contributed by atoms with Crippen molar-refractivity contribution >= 4 is 0 Å². The summed E-state index contributed by atoms with van der Waals surface area (Å²) in [5, 5.41) is 15.3. The molecule has 0 spiro atoms. The Morgan fingerprint density at radius 3 is 2.76 bits per heavy atom. The molecule has 0 atom stereocenters. The fraction of sp³-hybridized carbons (Fsp3) is 0.600. The minimum Gasteiger partial charge on any atom is -0.383 e. The van der Waals surface area contributed by atoms with Gasteiger partial charge in [-0.05, 0) is 27.7 Å². The van der Waals surface area contributed by atoms with E-state index in [1.165, 1.54) is 5.69 Å². The highest BCUT2D eigenvalue weighted by molar-refractivity contribution is 5.67. The van der Waals surface area contributed by atoms with Crippen molar-refractivity contribution in [3.63, 3.8) is 0 Å². The van der Waals surface area contributed by atoms with Crippen molar-refractivity contribution in [2.24, 2.45) is 0 Å². The Hall–Kier alpha value is -1.66. The minimum absolute atomic E-state index is 0.351. The topological polar surface area (TPSA) is 67.8 Å². The van der Waals surface area contributed by atoms with Crippen molar-refractivity contribution in [2.45, 2.75) is 40.3 Å². The van der Waals surface area contributed by atoms with Crippen LogP contribution in [0.2, 0.25) is 0 Å². The number of ether oxygens (including phenoxy) is 1. The average molecular weight is 291 g/mol. The summed E-state index contributed by atoms with van der Waals surface area (Å²) >= 11 is 0. The lowest BCUT2D eigenvalue weighted by Crippen LogP contribution is -2.18. The minimum atomic E-state index is 0.351. The summed E-state index contributed by atoms with van der Waals surface area (Å²) < 4.78 is 7.11. The molecule has 6 heteroatoms. The normalized spacial score (nSPS) is 11.5. The van der Waals surface area contributed by atoms with E-state index in [1.54, 1.807) is 7.11 Å². The molecule has 0 amide bonds. The Labute approximate surface area is 125 Å². The quantitative estimate of drug-likeness (QED) is 0.768. The van der Waals surface area contributed by atoms with Crippen LogP contribution in [0.1, 0.15) is 36.8 Å². The second-order valence-electron chi connectivity index (χ2n) is 5.52. The third-order valence-corrected chi connectivity index (χ3v) is 3.58. The second-order valence-corrected chi connectivity index (χ2v) is 5.52. The van der Waals surface area contributed by atoms with Gasteiger partial charge in [0.15, 0.2) is 0 Å². The van der Waals surface area contributed by atoms with Crippen molar-refractivity contribution in [3.05, 3.63) is 23.1 Å². The largest absolute Gasteiger partial charge is 0.383 e. The van der Waals surface area contributed by atoms with Gasteiger partial charge in [-0.15, -0.1) is 0 Å². The summed E-state index contributed by atoms with van der Waals surface area (Å²) in [5.41, 5.74) is 5.57. The van der Waals surface area contributed by atoms with Gasteiger partial charge in [-0.2, -0.15) is 10.2 Å². The number of nitrogens with zero attached hydrogens (tertiary/aromatic N) is 3. The molecule has 21 heavy (non-hydrogen) atoms. The molecule has 116 valence electrons. The standard InChI is InChI=1S/C15H25N5O/c1-10(2)20-12(4)14(11(3)19-20)15-13(9-17-18-15)8-16-6-7-21-5/h9-10,16H,6-8H2,1-5H3,(H,17,18). The van der Waals surface area contributed by atoms with Crippen LogP contribution < -0.4 is 5.32 Å². The molecule has 2 rings (SSSR count). The van der Waals surface area contributed by atoms with Gasteiger partial charge in [-0.3, -0.25) is 9.78 Å². The average Bonchev–Trinajstić information content (AvgIpc) is 2.99. The lowest BCUT2D eigenvalue weighted by atomic mass is 10.1. The molecular formula is C15H25N5O. The zero-order valence-electron chi connectivity index (χ0n) is 13.5. The molecule has 0 radical (unpaired) electrons. The van der Waals surface area contributed by atoms with E-state index in [-0.39, 0.29) is 0 Å². The van der Waals surface area contributed by atoms with Gasteiger partial charge < -0.3 is 10.1 Å². The van der Waals surface area contributed by atoms with E-state index >= 15 is 0 Å². The number of nitrogens with one attached hydrogen (secondary N) is 2. The van der Waals surface area contributed by atoms with Crippen LogP contribution in [-0.4, -0.2) is 40.2 Å². The van der Waals surface area contributed by atoms with E-state index < -0.39 is 0 Å². The first-order valence-electron chi connectivity index (χ1n) is 7.34. The maximum atomic E-state index is 5.04.